The lowest BCUT2D eigenvalue weighted by Crippen LogP contribution is -2.46. The highest BCUT2D eigenvalue weighted by Gasteiger charge is 2.28. The van der Waals surface area contributed by atoms with Crippen LogP contribution in [0.3, 0.4) is 0 Å². The zero-order valence-electron chi connectivity index (χ0n) is 13.7. The Morgan fingerprint density at radius 1 is 1.22 bits per heavy atom. The average Bonchev–Trinajstić information content (AvgIpc) is 2.97. The largest absolute Gasteiger partial charge is 0.335 e. The number of urea groups is 1. The molecule has 5 heteroatoms. The standard InChI is InChI=1S/C18H26N2O2S/c1-2-23(22)15-8-5-7-14(12-15)19-18(21)20-17-11-10-13-6-3-4-9-16(13)17/h3-4,6,9,14-15,17H,2,5,7-8,10-12H2,1H3,(H2,19,20,21). The molecule has 4 nitrogen and oxygen atoms in total. The minimum Gasteiger partial charge on any atom is -0.335 e. The van der Waals surface area contributed by atoms with E-state index in [0.717, 1.165) is 38.5 Å². The zero-order valence-corrected chi connectivity index (χ0v) is 14.5. The molecule has 23 heavy (non-hydrogen) atoms. The molecule has 0 bridgehead atoms. The molecule has 1 aromatic carbocycles. The number of nitrogens with one attached hydrogen (secondary N) is 2. The fourth-order valence-electron chi connectivity index (χ4n) is 3.84. The van der Waals surface area contributed by atoms with E-state index in [2.05, 4.69) is 28.8 Å². The quantitative estimate of drug-likeness (QED) is 0.889. The van der Waals surface area contributed by atoms with Gasteiger partial charge in [0, 0.05) is 27.8 Å². The topological polar surface area (TPSA) is 58.2 Å². The van der Waals surface area contributed by atoms with Gasteiger partial charge >= 0.3 is 6.03 Å². The van der Waals surface area contributed by atoms with Crippen molar-refractivity contribution in [2.75, 3.05) is 5.75 Å². The second-order valence-electron chi connectivity index (χ2n) is 6.56. The van der Waals surface area contributed by atoms with Crippen molar-refractivity contribution in [3.63, 3.8) is 0 Å². The van der Waals surface area contributed by atoms with Gasteiger partial charge < -0.3 is 10.6 Å². The first-order valence-corrected chi connectivity index (χ1v) is 10.1. The number of fused-ring (bicyclic) bond motifs is 1. The summed E-state index contributed by atoms with van der Waals surface area (Å²) in [6.07, 6.45) is 5.91. The molecule has 0 saturated heterocycles. The van der Waals surface area contributed by atoms with Gasteiger partial charge in [0.25, 0.3) is 0 Å². The van der Waals surface area contributed by atoms with E-state index in [4.69, 9.17) is 0 Å². The summed E-state index contributed by atoms with van der Waals surface area (Å²) in [4.78, 5) is 12.3. The molecule has 0 spiro atoms. The molecule has 3 rings (SSSR count). The Labute approximate surface area is 140 Å². The summed E-state index contributed by atoms with van der Waals surface area (Å²) in [5, 5.41) is 6.46. The monoisotopic (exact) mass is 334 g/mol. The molecule has 2 amide bonds. The van der Waals surface area contributed by atoms with Gasteiger partial charge in [-0.25, -0.2) is 4.79 Å². The SMILES string of the molecule is CCS(=O)C1CCCC(NC(=O)NC2CCc3ccccc32)C1. The predicted octanol–water partition coefficient (Wildman–Crippen LogP) is 3.05. The second kappa shape index (κ2) is 7.47. The Morgan fingerprint density at radius 3 is 2.87 bits per heavy atom. The number of carbonyl (C=O) groups is 1. The first kappa shape index (κ1) is 16.5. The average molecular weight is 334 g/mol. The van der Waals surface area contributed by atoms with Gasteiger partial charge in [0.1, 0.15) is 0 Å². The minimum atomic E-state index is -0.754. The Morgan fingerprint density at radius 2 is 2.04 bits per heavy atom. The van der Waals surface area contributed by atoms with Crippen LogP contribution in [0, 0.1) is 0 Å². The van der Waals surface area contributed by atoms with Crippen LogP contribution in [0.25, 0.3) is 0 Å². The molecule has 0 radical (unpaired) electrons. The van der Waals surface area contributed by atoms with Gasteiger partial charge in [-0.05, 0) is 43.2 Å². The molecule has 0 aliphatic heterocycles. The zero-order chi connectivity index (χ0) is 16.2. The van der Waals surface area contributed by atoms with E-state index in [-0.39, 0.29) is 23.4 Å². The van der Waals surface area contributed by atoms with Gasteiger partial charge in [0.15, 0.2) is 0 Å². The summed E-state index contributed by atoms with van der Waals surface area (Å²) in [6.45, 7) is 1.97. The molecule has 1 saturated carbocycles. The summed E-state index contributed by atoms with van der Waals surface area (Å²) in [7, 11) is -0.754. The summed E-state index contributed by atoms with van der Waals surface area (Å²) < 4.78 is 12.0. The van der Waals surface area contributed by atoms with Crippen LogP contribution in [0.4, 0.5) is 4.79 Å². The molecule has 1 aromatic rings. The molecule has 126 valence electrons. The number of benzene rings is 1. The Hall–Kier alpha value is -1.36. The predicted molar refractivity (Wildman–Crippen MR) is 93.9 cm³/mol. The van der Waals surface area contributed by atoms with Crippen molar-refractivity contribution >= 4 is 16.8 Å². The molecule has 4 unspecified atom stereocenters. The molecule has 0 heterocycles. The normalized spacial score (nSPS) is 28.0. The van der Waals surface area contributed by atoms with Crippen LogP contribution in [-0.2, 0) is 17.2 Å². The number of rotatable bonds is 4. The Balaban J connectivity index is 1.53. The minimum absolute atomic E-state index is 0.0837. The van der Waals surface area contributed by atoms with E-state index in [1.807, 2.05) is 13.0 Å². The third-order valence-electron chi connectivity index (χ3n) is 5.06. The fraction of sp³-hybridized carbons (Fsp3) is 0.611. The van der Waals surface area contributed by atoms with E-state index in [9.17, 15) is 9.00 Å². The summed E-state index contributed by atoms with van der Waals surface area (Å²) in [6, 6.07) is 8.52. The van der Waals surface area contributed by atoms with Crippen LogP contribution in [0.1, 0.15) is 56.2 Å². The molecular weight excluding hydrogens is 308 g/mol. The summed E-state index contributed by atoms with van der Waals surface area (Å²) in [5.41, 5.74) is 2.59. The molecule has 1 fully saturated rings. The molecule has 0 aromatic heterocycles. The highest BCUT2D eigenvalue weighted by atomic mass is 32.2. The molecule has 2 aliphatic rings. The van der Waals surface area contributed by atoms with Gasteiger partial charge in [-0.1, -0.05) is 37.6 Å². The van der Waals surface area contributed by atoms with Gasteiger partial charge in [0.05, 0.1) is 6.04 Å². The van der Waals surface area contributed by atoms with Crippen LogP contribution < -0.4 is 10.6 Å². The number of hydrogen-bond donors (Lipinski definition) is 2. The van der Waals surface area contributed by atoms with Crippen molar-refractivity contribution < 1.29 is 9.00 Å². The van der Waals surface area contributed by atoms with Crippen LogP contribution in [0.15, 0.2) is 24.3 Å². The number of hydrogen-bond acceptors (Lipinski definition) is 2. The first-order chi connectivity index (χ1) is 11.2. The van der Waals surface area contributed by atoms with Crippen LogP contribution in [-0.4, -0.2) is 27.3 Å². The van der Waals surface area contributed by atoms with Gasteiger partial charge in [-0.15, -0.1) is 0 Å². The third-order valence-corrected chi connectivity index (χ3v) is 6.80. The highest BCUT2D eigenvalue weighted by molar-refractivity contribution is 7.85. The van der Waals surface area contributed by atoms with Crippen LogP contribution in [0.5, 0.6) is 0 Å². The first-order valence-electron chi connectivity index (χ1n) is 8.69. The van der Waals surface area contributed by atoms with Gasteiger partial charge in [0.2, 0.25) is 0 Å². The fourth-order valence-corrected chi connectivity index (χ4v) is 5.19. The van der Waals surface area contributed by atoms with Crippen molar-refractivity contribution in [1.29, 1.82) is 0 Å². The van der Waals surface area contributed by atoms with Crippen LogP contribution in [0.2, 0.25) is 0 Å². The van der Waals surface area contributed by atoms with Crippen molar-refractivity contribution in [3.05, 3.63) is 35.4 Å². The molecular formula is C18H26N2O2S. The molecule has 4 atom stereocenters. The third kappa shape index (κ3) is 3.94. The molecule has 2 N–H and O–H groups in total. The van der Waals surface area contributed by atoms with Crippen molar-refractivity contribution in [3.8, 4) is 0 Å². The lowest BCUT2D eigenvalue weighted by atomic mass is 9.95. The maximum Gasteiger partial charge on any atom is 0.315 e. The van der Waals surface area contributed by atoms with E-state index < -0.39 is 10.8 Å². The Bertz CT molecular complexity index is 590. The van der Waals surface area contributed by atoms with Gasteiger partial charge in [-0.2, -0.15) is 0 Å². The number of carbonyl (C=O) groups excluding carboxylic acids is 1. The second-order valence-corrected chi connectivity index (χ2v) is 8.57. The number of aryl methyl sites for hydroxylation is 1. The molecule has 2 aliphatic carbocycles. The lowest BCUT2D eigenvalue weighted by molar-refractivity contribution is 0.229. The van der Waals surface area contributed by atoms with Crippen molar-refractivity contribution in [2.45, 2.75) is 62.8 Å². The van der Waals surface area contributed by atoms with Gasteiger partial charge in [-0.3, -0.25) is 4.21 Å². The van der Waals surface area contributed by atoms with E-state index in [1.165, 1.54) is 11.1 Å². The van der Waals surface area contributed by atoms with Crippen molar-refractivity contribution in [2.24, 2.45) is 0 Å². The lowest BCUT2D eigenvalue weighted by Gasteiger charge is -2.29. The van der Waals surface area contributed by atoms with Crippen LogP contribution >= 0.6 is 0 Å². The maximum absolute atomic E-state index is 12.3. The highest BCUT2D eigenvalue weighted by Crippen LogP contribution is 2.30. The number of amides is 2. The van der Waals surface area contributed by atoms with Crippen molar-refractivity contribution in [1.82, 2.24) is 10.6 Å². The van der Waals surface area contributed by atoms with E-state index in [1.54, 1.807) is 0 Å². The smallest absolute Gasteiger partial charge is 0.315 e. The Kier molecular flexibility index (Phi) is 5.36. The summed E-state index contributed by atoms with van der Waals surface area (Å²) >= 11 is 0. The van der Waals surface area contributed by atoms with E-state index in [0.29, 0.717) is 5.75 Å². The maximum atomic E-state index is 12.3. The summed E-state index contributed by atoms with van der Waals surface area (Å²) in [5.74, 6) is 0.711. The van der Waals surface area contributed by atoms with E-state index >= 15 is 0 Å².